The van der Waals surface area contributed by atoms with Crippen molar-refractivity contribution in [1.82, 2.24) is 0 Å². The molecule has 0 aliphatic heterocycles. The van der Waals surface area contributed by atoms with Crippen molar-refractivity contribution in [3.63, 3.8) is 0 Å². The van der Waals surface area contributed by atoms with Gasteiger partial charge in [-0.2, -0.15) is 8.78 Å². The lowest BCUT2D eigenvalue weighted by Crippen LogP contribution is -2.11. The number of hydrogen-bond donors (Lipinski definition) is 0. The Morgan fingerprint density at radius 1 is 1.12 bits per heavy atom. The minimum atomic E-state index is -1.65. The van der Waals surface area contributed by atoms with Gasteiger partial charge >= 0.3 is 0 Å². The summed E-state index contributed by atoms with van der Waals surface area (Å²) in [5, 5.41) is 0. The monoisotopic (exact) mass is 336 g/mol. The van der Waals surface area contributed by atoms with Crippen LogP contribution in [0.1, 0.15) is 43.2 Å². The van der Waals surface area contributed by atoms with E-state index in [-0.39, 0.29) is 17.4 Å². The minimum absolute atomic E-state index is 0.00318. The minimum Gasteiger partial charge on any atom is -0.206 e. The first-order valence-corrected chi connectivity index (χ1v) is 8.12. The SMILES string of the molecule is C=CCCc1cc(F)c(C#CC2CCC(C=C(F)F)CC2)c(F)c1. The molecule has 1 aliphatic carbocycles. The van der Waals surface area contributed by atoms with E-state index in [9.17, 15) is 17.6 Å². The van der Waals surface area contributed by atoms with Crippen LogP contribution in [0.4, 0.5) is 17.6 Å². The van der Waals surface area contributed by atoms with E-state index in [2.05, 4.69) is 18.4 Å². The maximum atomic E-state index is 14.0. The van der Waals surface area contributed by atoms with Crippen LogP contribution in [-0.2, 0) is 6.42 Å². The second-order valence-electron chi connectivity index (χ2n) is 6.10. The van der Waals surface area contributed by atoms with E-state index in [1.165, 1.54) is 12.1 Å². The molecule has 0 radical (unpaired) electrons. The Balaban J connectivity index is 2.03. The first-order chi connectivity index (χ1) is 11.5. The maximum absolute atomic E-state index is 14.0. The predicted octanol–water partition coefficient (Wildman–Crippen LogP) is 6.02. The van der Waals surface area contributed by atoms with Gasteiger partial charge in [-0.3, -0.25) is 0 Å². The van der Waals surface area contributed by atoms with Crippen molar-refractivity contribution in [2.75, 3.05) is 0 Å². The van der Waals surface area contributed by atoms with Crippen molar-refractivity contribution in [3.05, 3.63) is 59.7 Å². The van der Waals surface area contributed by atoms with Crippen LogP contribution in [0.2, 0.25) is 0 Å². The molecule has 1 fully saturated rings. The Labute approximate surface area is 140 Å². The molecular formula is C20H20F4. The molecule has 1 saturated carbocycles. The number of benzene rings is 1. The molecule has 1 aromatic carbocycles. The molecule has 1 aromatic rings. The quantitative estimate of drug-likeness (QED) is 0.358. The molecule has 128 valence electrons. The molecule has 0 N–H and O–H groups in total. The van der Waals surface area contributed by atoms with Crippen LogP contribution in [-0.4, -0.2) is 0 Å². The third-order valence-electron chi connectivity index (χ3n) is 4.27. The second kappa shape index (κ2) is 8.73. The van der Waals surface area contributed by atoms with Gasteiger partial charge in [-0.1, -0.05) is 17.9 Å². The number of halogens is 4. The van der Waals surface area contributed by atoms with E-state index in [4.69, 9.17) is 0 Å². The number of rotatable bonds is 4. The molecule has 0 saturated heterocycles. The van der Waals surface area contributed by atoms with Gasteiger partial charge in [-0.25, -0.2) is 8.78 Å². The molecule has 0 heterocycles. The van der Waals surface area contributed by atoms with Crippen molar-refractivity contribution in [3.8, 4) is 11.8 Å². The van der Waals surface area contributed by atoms with E-state index in [1.54, 1.807) is 6.08 Å². The zero-order valence-corrected chi connectivity index (χ0v) is 13.4. The molecule has 0 aromatic heterocycles. The highest BCUT2D eigenvalue weighted by atomic mass is 19.3. The van der Waals surface area contributed by atoms with E-state index < -0.39 is 17.7 Å². The summed E-state index contributed by atoms with van der Waals surface area (Å²) in [4.78, 5) is 0. The molecule has 2 rings (SSSR count). The summed E-state index contributed by atoms with van der Waals surface area (Å²) in [5.41, 5.74) is 0.366. The zero-order valence-electron chi connectivity index (χ0n) is 13.4. The lowest BCUT2D eigenvalue weighted by atomic mass is 9.82. The first-order valence-electron chi connectivity index (χ1n) is 8.12. The standard InChI is InChI=1S/C20H20F4/c1-2-3-4-16-11-18(21)17(19(22)12-16)10-9-14-5-7-15(8-6-14)13-20(23)24/h2,11-15H,1,3-8H2. The highest BCUT2D eigenvalue weighted by molar-refractivity contribution is 5.39. The van der Waals surface area contributed by atoms with E-state index in [1.807, 2.05) is 0 Å². The van der Waals surface area contributed by atoms with Gasteiger partial charge in [0.15, 0.2) is 0 Å². The van der Waals surface area contributed by atoms with E-state index >= 15 is 0 Å². The molecule has 0 nitrogen and oxygen atoms in total. The fraction of sp³-hybridized carbons (Fsp3) is 0.400. The molecule has 0 atom stereocenters. The molecule has 24 heavy (non-hydrogen) atoms. The molecule has 0 unspecified atom stereocenters. The van der Waals surface area contributed by atoms with Crippen LogP contribution in [0.3, 0.4) is 0 Å². The van der Waals surface area contributed by atoms with Gasteiger partial charge in [0.05, 0.1) is 5.56 Å². The van der Waals surface area contributed by atoms with Crippen molar-refractivity contribution in [1.29, 1.82) is 0 Å². The second-order valence-corrected chi connectivity index (χ2v) is 6.10. The summed E-state index contributed by atoms with van der Waals surface area (Å²) >= 11 is 0. The lowest BCUT2D eigenvalue weighted by molar-refractivity contribution is 0.343. The average molecular weight is 336 g/mol. The summed E-state index contributed by atoms with van der Waals surface area (Å²) in [5.74, 6) is 4.08. The number of aryl methyl sites for hydroxylation is 1. The third-order valence-corrected chi connectivity index (χ3v) is 4.27. The summed E-state index contributed by atoms with van der Waals surface area (Å²) in [7, 11) is 0. The Morgan fingerprint density at radius 3 is 2.29 bits per heavy atom. The molecule has 4 heteroatoms. The summed E-state index contributed by atoms with van der Waals surface area (Å²) in [6, 6.07) is 2.62. The van der Waals surface area contributed by atoms with Crippen molar-refractivity contribution in [2.24, 2.45) is 11.8 Å². The normalized spacial score (nSPS) is 20.0. The highest BCUT2D eigenvalue weighted by Gasteiger charge is 2.19. The highest BCUT2D eigenvalue weighted by Crippen LogP contribution is 2.30. The molecule has 1 aliphatic rings. The Bertz CT molecular complexity index is 644. The van der Waals surface area contributed by atoms with Crippen LogP contribution in [0.15, 0.2) is 36.9 Å². The van der Waals surface area contributed by atoms with Gasteiger partial charge < -0.3 is 0 Å². The third kappa shape index (κ3) is 5.26. The lowest BCUT2D eigenvalue weighted by Gasteiger charge is -2.22. The summed E-state index contributed by atoms with van der Waals surface area (Å²) in [6.45, 7) is 3.59. The van der Waals surface area contributed by atoms with Crippen LogP contribution in [0.25, 0.3) is 0 Å². The van der Waals surface area contributed by atoms with Crippen molar-refractivity contribution < 1.29 is 17.6 Å². The Morgan fingerprint density at radius 2 is 1.75 bits per heavy atom. The predicted molar refractivity (Wildman–Crippen MR) is 87.5 cm³/mol. The van der Waals surface area contributed by atoms with Crippen LogP contribution < -0.4 is 0 Å². The molecule has 0 bridgehead atoms. The van der Waals surface area contributed by atoms with Crippen LogP contribution in [0, 0.1) is 35.3 Å². The number of allylic oxidation sites excluding steroid dienone is 2. The van der Waals surface area contributed by atoms with Gasteiger partial charge in [-0.05, 0) is 68.2 Å². The Hall–Kier alpha value is -2.02. The summed E-state index contributed by atoms with van der Waals surface area (Å²) in [6.07, 6.45) is 4.82. The fourth-order valence-electron chi connectivity index (χ4n) is 2.94. The zero-order chi connectivity index (χ0) is 17.5. The summed E-state index contributed by atoms with van der Waals surface area (Å²) < 4.78 is 52.5. The van der Waals surface area contributed by atoms with Gasteiger partial charge in [0, 0.05) is 5.92 Å². The first kappa shape index (κ1) is 18.3. The van der Waals surface area contributed by atoms with Gasteiger partial charge in [0.2, 0.25) is 0 Å². The fourth-order valence-corrected chi connectivity index (χ4v) is 2.94. The van der Waals surface area contributed by atoms with Crippen LogP contribution >= 0.6 is 0 Å². The molecular weight excluding hydrogens is 316 g/mol. The smallest absolute Gasteiger partial charge is 0.206 e. The van der Waals surface area contributed by atoms with Gasteiger partial charge in [0.1, 0.15) is 11.6 Å². The largest absolute Gasteiger partial charge is 0.266 e. The average Bonchev–Trinajstić information content (AvgIpc) is 2.53. The molecule has 0 spiro atoms. The molecule has 0 amide bonds. The maximum Gasteiger partial charge on any atom is 0.266 e. The van der Waals surface area contributed by atoms with E-state index in [0.717, 1.165) is 6.08 Å². The Kier molecular flexibility index (Phi) is 6.66. The van der Waals surface area contributed by atoms with Crippen molar-refractivity contribution >= 4 is 0 Å². The van der Waals surface area contributed by atoms with Gasteiger partial charge in [-0.15, -0.1) is 6.58 Å². The van der Waals surface area contributed by atoms with E-state index in [0.29, 0.717) is 44.1 Å². The van der Waals surface area contributed by atoms with Crippen LogP contribution in [0.5, 0.6) is 0 Å². The topological polar surface area (TPSA) is 0 Å². The van der Waals surface area contributed by atoms with Crippen molar-refractivity contribution in [2.45, 2.75) is 38.5 Å². The van der Waals surface area contributed by atoms with Gasteiger partial charge in [0.25, 0.3) is 6.08 Å². The number of hydrogen-bond acceptors (Lipinski definition) is 0.